The summed E-state index contributed by atoms with van der Waals surface area (Å²) < 4.78 is 22.1. The number of sulfone groups is 1. The predicted molar refractivity (Wildman–Crippen MR) is 47.5 cm³/mol. The van der Waals surface area contributed by atoms with Crippen LogP contribution in [-0.2, 0) is 15.6 Å². The van der Waals surface area contributed by atoms with Gasteiger partial charge in [-0.2, -0.15) is 11.3 Å². The largest absolute Gasteiger partial charge is 0.229 e. The van der Waals surface area contributed by atoms with Crippen LogP contribution in [0.1, 0.15) is 12.5 Å². The average Bonchev–Trinajstić information content (AvgIpc) is 2.39. The zero-order valence-electron chi connectivity index (χ0n) is 6.28. The minimum absolute atomic E-state index is 0.188. The molecule has 0 spiro atoms. The molecule has 0 radical (unpaired) electrons. The van der Waals surface area contributed by atoms with Gasteiger partial charge in [-0.15, -0.1) is 0 Å². The first-order valence-electron chi connectivity index (χ1n) is 3.35. The molecule has 1 rings (SSSR count). The molecule has 0 bridgehead atoms. The van der Waals surface area contributed by atoms with E-state index in [0.29, 0.717) is 0 Å². The predicted octanol–water partition coefficient (Wildman–Crippen LogP) is 1.68. The Kier molecular flexibility index (Phi) is 2.67. The van der Waals surface area contributed by atoms with Crippen LogP contribution in [0.25, 0.3) is 0 Å². The molecule has 0 amide bonds. The van der Waals surface area contributed by atoms with Crippen LogP contribution in [0.4, 0.5) is 0 Å². The van der Waals surface area contributed by atoms with Gasteiger partial charge in [0.25, 0.3) is 0 Å². The number of hydrogen-bond acceptors (Lipinski definition) is 3. The van der Waals surface area contributed by atoms with Gasteiger partial charge in [-0.25, -0.2) is 8.42 Å². The molecule has 0 fully saturated rings. The summed E-state index contributed by atoms with van der Waals surface area (Å²) in [7, 11) is -2.84. The molecule has 0 N–H and O–H groups in total. The summed E-state index contributed by atoms with van der Waals surface area (Å²) >= 11 is 1.53. The van der Waals surface area contributed by atoms with Gasteiger partial charge in [-0.3, -0.25) is 0 Å². The van der Waals surface area contributed by atoms with Gasteiger partial charge >= 0.3 is 0 Å². The van der Waals surface area contributed by atoms with Crippen LogP contribution in [-0.4, -0.2) is 14.2 Å². The van der Waals surface area contributed by atoms with E-state index in [0.717, 1.165) is 5.56 Å². The lowest BCUT2D eigenvalue weighted by molar-refractivity contribution is 0.596. The van der Waals surface area contributed by atoms with E-state index in [1.165, 1.54) is 11.3 Å². The maximum absolute atomic E-state index is 11.1. The van der Waals surface area contributed by atoms with E-state index in [-0.39, 0.29) is 11.5 Å². The number of thiophene rings is 1. The fourth-order valence-electron chi connectivity index (χ4n) is 0.731. The third-order valence-corrected chi connectivity index (χ3v) is 3.79. The van der Waals surface area contributed by atoms with Crippen LogP contribution in [0.2, 0.25) is 0 Å². The molecule has 0 aliphatic rings. The molecule has 11 heavy (non-hydrogen) atoms. The van der Waals surface area contributed by atoms with Gasteiger partial charge in [0.1, 0.15) is 0 Å². The van der Waals surface area contributed by atoms with Crippen molar-refractivity contribution in [3.05, 3.63) is 22.4 Å². The van der Waals surface area contributed by atoms with Gasteiger partial charge in [0.15, 0.2) is 9.84 Å². The summed E-state index contributed by atoms with van der Waals surface area (Å²) in [6.45, 7) is 1.67. The van der Waals surface area contributed by atoms with Crippen LogP contribution in [0.15, 0.2) is 16.8 Å². The molecular formula is C7H10O2S2. The van der Waals surface area contributed by atoms with Crippen LogP contribution in [0, 0.1) is 0 Å². The van der Waals surface area contributed by atoms with E-state index >= 15 is 0 Å². The fraction of sp³-hybridized carbons (Fsp3) is 0.429. The quantitative estimate of drug-likeness (QED) is 0.726. The lowest BCUT2D eigenvalue weighted by atomic mass is 10.4. The summed E-state index contributed by atoms with van der Waals surface area (Å²) in [6, 6.07) is 1.85. The molecule has 0 unspecified atom stereocenters. The van der Waals surface area contributed by atoms with Crippen LogP contribution in [0.3, 0.4) is 0 Å². The summed E-state index contributed by atoms with van der Waals surface area (Å²) in [5.41, 5.74) is 0.900. The van der Waals surface area contributed by atoms with Crippen molar-refractivity contribution in [3.63, 3.8) is 0 Å². The molecule has 0 aliphatic carbocycles. The van der Waals surface area contributed by atoms with Gasteiger partial charge < -0.3 is 0 Å². The van der Waals surface area contributed by atoms with E-state index < -0.39 is 9.84 Å². The van der Waals surface area contributed by atoms with Crippen LogP contribution < -0.4 is 0 Å². The first-order valence-corrected chi connectivity index (χ1v) is 6.12. The average molecular weight is 190 g/mol. The second kappa shape index (κ2) is 3.36. The van der Waals surface area contributed by atoms with Crippen LogP contribution in [0.5, 0.6) is 0 Å². The Labute approximate surface area is 70.8 Å². The smallest absolute Gasteiger partial charge is 0.154 e. The molecular weight excluding hydrogens is 180 g/mol. The van der Waals surface area contributed by atoms with Gasteiger partial charge in [0.05, 0.1) is 5.75 Å². The van der Waals surface area contributed by atoms with Gasteiger partial charge in [-0.1, -0.05) is 6.92 Å². The van der Waals surface area contributed by atoms with Crippen molar-refractivity contribution in [2.75, 3.05) is 5.75 Å². The fourth-order valence-corrected chi connectivity index (χ4v) is 2.40. The maximum atomic E-state index is 11.1. The van der Waals surface area contributed by atoms with Crippen molar-refractivity contribution in [1.82, 2.24) is 0 Å². The van der Waals surface area contributed by atoms with E-state index in [2.05, 4.69) is 0 Å². The maximum Gasteiger partial charge on any atom is 0.154 e. The van der Waals surface area contributed by atoms with Crippen molar-refractivity contribution in [1.29, 1.82) is 0 Å². The highest BCUT2D eigenvalue weighted by molar-refractivity contribution is 7.90. The molecule has 0 saturated carbocycles. The first kappa shape index (κ1) is 8.74. The minimum Gasteiger partial charge on any atom is -0.229 e. The van der Waals surface area contributed by atoms with Crippen molar-refractivity contribution < 1.29 is 8.42 Å². The second-order valence-corrected chi connectivity index (χ2v) is 5.44. The molecule has 1 aromatic heterocycles. The van der Waals surface area contributed by atoms with Gasteiger partial charge in [0.2, 0.25) is 0 Å². The van der Waals surface area contributed by atoms with E-state index in [1.807, 2.05) is 16.8 Å². The summed E-state index contributed by atoms with van der Waals surface area (Å²) in [4.78, 5) is 0. The van der Waals surface area contributed by atoms with E-state index in [4.69, 9.17) is 0 Å². The Morgan fingerprint density at radius 3 is 2.73 bits per heavy atom. The Balaban J connectivity index is 2.72. The lowest BCUT2D eigenvalue weighted by Gasteiger charge is -1.96. The normalized spacial score (nSPS) is 11.7. The Hall–Kier alpha value is -0.350. The lowest BCUT2D eigenvalue weighted by Crippen LogP contribution is -2.05. The third kappa shape index (κ3) is 2.63. The van der Waals surface area contributed by atoms with Gasteiger partial charge in [-0.05, 0) is 22.4 Å². The van der Waals surface area contributed by atoms with E-state index in [1.54, 1.807) is 6.92 Å². The number of rotatable bonds is 3. The second-order valence-electron chi connectivity index (χ2n) is 2.31. The van der Waals surface area contributed by atoms with Crippen molar-refractivity contribution >= 4 is 21.2 Å². The molecule has 0 atom stereocenters. The molecule has 2 nitrogen and oxygen atoms in total. The molecule has 1 aromatic rings. The van der Waals surface area contributed by atoms with E-state index in [9.17, 15) is 8.42 Å². The minimum atomic E-state index is -2.84. The third-order valence-electron chi connectivity index (χ3n) is 1.41. The Morgan fingerprint density at radius 2 is 2.27 bits per heavy atom. The highest BCUT2D eigenvalue weighted by atomic mass is 32.2. The van der Waals surface area contributed by atoms with Crippen LogP contribution >= 0.6 is 11.3 Å². The van der Waals surface area contributed by atoms with Crippen molar-refractivity contribution in [2.24, 2.45) is 0 Å². The standard InChI is InChI=1S/C7H10O2S2/c1-2-11(8,9)6-7-3-4-10-5-7/h3-5H,2,6H2,1H3. The number of hydrogen-bond donors (Lipinski definition) is 0. The molecule has 0 aromatic carbocycles. The van der Waals surface area contributed by atoms with Gasteiger partial charge in [0, 0.05) is 5.75 Å². The first-order chi connectivity index (χ1) is 5.14. The summed E-state index contributed by atoms with van der Waals surface area (Å²) in [5.74, 6) is 0.413. The van der Waals surface area contributed by atoms with Crippen molar-refractivity contribution in [2.45, 2.75) is 12.7 Å². The highest BCUT2D eigenvalue weighted by Gasteiger charge is 2.07. The summed E-state index contributed by atoms with van der Waals surface area (Å²) in [5, 5.41) is 3.76. The Morgan fingerprint density at radius 1 is 1.55 bits per heavy atom. The monoisotopic (exact) mass is 190 g/mol. The molecule has 0 aliphatic heterocycles. The highest BCUT2D eigenvalue weighted by Crippen LogP contribution is 2.10. The zero-order valence-corrected chi connectivity index (χ0v) is 7.91. The Bertz CT molecular complexity index is 297. The summed E-state index contributed by atoms with van der Waals surface area (Å²) in [6.07, 6.45) is 0. The SMILES string of the molecule is CCS(=O)(=O)Cc1ccsc1. The van der Waals surface area contributed by atoms with Crippen molar-refractivity contribution in [3.8, 4) is 0 Å². The zero-order chi connectivity index (χ0) is 8.32. The molecule has 0 saturated heterocycles. The molecule has 1 heterocycles. The molecule has 62 valence electrons. The molecule has 4 heteroatoms. The topological polar surface area (TPSA) is 34.1 Å².